The second-order valence-corrected chi connectivity index (χ2v) is 11.4. The maximum Gasteiger partial charge on any atom is 0.323 e. The number of nitrogens with zero attached hydrogens (tertiary/aromatic N) is 1. The van der Waals surface area contributed by atoms with Crippen molar-refractivity contribution in [2.75, 3.05) is 17.2 Å². The van der Waals surface area contributed by atoms with E-state index in [4.69, 9.17) is 4.74 Å². The third-order valence-electron chi connectivity index (χ3n) is 6.73. The van der Waals surface area contributed by atoms with Gasteiger partial charge in [0.2, 0.25) is 5.51 Å². The SMILES string of the molecule is CCCCCCCCCCCCCCOc1c(F)cccc1NC(=O)Nc1cccc(C[n+]2csc(C)c2)c1.[Br-]. The monoisotopic (exact) mass is 633 g/mol. The van der Waals surface area contributed by atoms with Crippen LogP contribution in [0.15, 0.2) is 54.2 Å². The van der Waals surface area contributed by atoms with Gasteiger partial charge < -0.3 is 32.4 Å². The van der Waals surface area contributed by atoms with E-state index in [1.165, 1.54) is 75.2 Å². The van der Waals surface area contributed by atoms with Crippen LogP contribution in [-0.4, -0.2) is 12.6 Å². The Balaban J connectivity index is 0.00000560. The number of urea groups is 1. The second kappa shape index (κ2) is 19.6. The van der Waals surface area contributed by atoms with Crippen LogP contribution in [-0.2, 0) is 6.54 Å². The van der Waals surface area contributed by atoms with Crippen LogP contribution in [0.1, 0.15) is 94.4 Å². The fourth-order valence-electron chi connectivity index (χ4n) is 4.64. The molecule has 0 aliphatic heterocycles. The highest BCUT2D eigenvalue weighted by Gasteiger charge is 2.13. The van der Waals surface area contributed by atoms with Crippen LogP contribution < -0.4 is 36.9 Å². The van der Waals surface area contributed by atoms with Gasteiger partial charge in [-0.1, -0.05) is 107 Å². The van der Waals surface area contributed by atoms with Crippen molar-refractivity contribution >= 4 is 28.7 Å². The molecule has 0 unspecified atom stereocenters. The number of para-hydroxylation sites is 1. The molecule has 0 radical (unpaired) electrons. The van der Waals surface area contributed by atoms with Crippen LogP contribution >= 0.6 is 11.3 Å². The molecule has 0 aliphatic carbocycles. The highest BCUT2D eigenvalue weighted by atomic mass is 79.9. The zero-order chi connectivity index (χ0) is 27.7. The Morgan fingerprint density at radius 2 is 1.55 bits per heavy atom. The molecule has 3 aromatic rings. The summed E-state index contributed by atoms with van der Waals surface area (Å²) in [5.41, 5.74) is 4.15. The standard InChI is InChI=1S/C32H44FN3O2S.BrH/c1-3-4-5-6-7-8-9-10-11-12-13-14-21-38-31-29(33)19-16-20-30(31)35-32(37)34-28-18-15-17-27(22-28)24-36-23-26(2)39-25-36;/h15-20,22-23,25H,3-14,21,24H2,1-2H3,(H-,34,35,37);1H. The number of rotatable bonds is 18. The summed E-state index contributed by atoms with van der Waals surface area (Å²) in [5.74, 6) is -0.384. The Kier molecular flexibility index (Phi) is 16.5. The molecule has 3 rings (SSSR count). The third-order valence-corrected chi connectivity index (χ3v) is 7.58. The molecule has 2 aromatic carbocycles. The summed E-state index contributed by atoms with van der Waals surface area (Å²) in [7, 11) is 0. The lowest BCUT2D eigenvalue weighted by atomic mass is 10.1. The van der Waals surface area contributed by atoms with Crippen molar-refractivity contribution in [3.8, 4) is 5.75 Å². The molecule has 5 nitrogen and oxygen atoms in total. The summed E-state index contributed by atoms with van der Waals surface area (Å²) < 4.78 is 22.4. The minimum absolute atomic E-state index is 0. The lowest BCUT2D eigenvalue weighted by Crippen LogP contribution is -3.00. The van der Waals surface area contributed by atoms with E-state index in [1.807, 2.05) is 24.3 Å². The van der Waals surface area contributed by atoms with Gasteiger partial charge in [-0.25, -0.2) is 9.18 Å². The first-order chi connectivity index (χ1) is 19.0. The molecular weight excluding hydrogens is 589 g/mol. The number of hydrogen-bond acceptors (Lipinski definition) is 3. The summed E-state index contributed by atoms with van der Waals surface area (Å²) >= 11 is 1.70. The summed E-state index contributed by atoms with van der Waals surface area (Å²) in [6.07, 6.45) is 17.2. The van der Waals surface area contributed by atoms with E-state index < -0.39 is 11.8 Å². The Labute approximate surface area is 254 Å². The predicted molar refractivity (Wildman–Crippen MR) is 160 cm³/mol. The molecule has 0 aliphatic rings. The molecule has 8 heteroatoms. The van der Waals surface area contributed by atoms with Crippen molar-refractivity contribution in [1.82, 2.24) is 0 Å². The minimum Gasteiger partial charge on any atom is -1.00 e. The lowest BCUT2D eigenvalue weighted by molar-refractivity contribution is -0.683. The Morgan fingerprint density at radius 1 is 0.900 bits per heavy atom. The number of carbonyl (C=O) groups excluding carboxylic acids is 1. The fourth-order valence-corrected chi connectivity index (χ4v) is 5.28. The molecule has 1 aromatic heterocycles. The van der Waals surface area contributed by atoms with Crippen molar-refractivity contribution in [3.63, 3.8) is 0 Å². The van der Waals surface area contributed by atoms with E-state index >= 15 is 0 Å². The quantitative estimate of drug-likeness (QED) is 0.128. The number of nitrogens with one attached hydrogen (secondary N) is 2. The molecule has 0 saturated heterocycles. The number of amides is 2. The number of unbranched alkanes of at least 4 members (excludes halogenated alkanes) is 11. The third kappa shape index (κ3) is 12.8. The van der Waals surface area contributed by atoms with Gasteiger partial charge in [-0.3, -0.25) is 0 Å². The summed E-state index contributed by atoms with van der Waals surface area (Å²) in [6.45, 7) is 5.48. The molecule has 220 valence electrons. The van der Waals surface area contributed by atoms with E-state index in [2.05, 4.69) is 40.8 Å². The number of benzene rings is 2. The predicted octanol–water partition coefficient (Wildman–Crippen LogP) is 6.26. The average molecular weight is 635 g/mol. The van der Waals surface area contributed by atoms with Crippen molar-refractivity contribution in [3.05, 3.63) is 70.4 Å². The first kappa shape index (κ1) is 33.8. The summed E-state index contributed by atoms with van der Waals surface area (Å²) in [4.78, 5) is 13.9. The van der Waals surface area contributed by atoms with Gasteiger partial charge in [0.15, 0.2) is 24.3 Å². The van der Waals surface area contributed by atoms with E-state index in [1.54, 1.807) is 23.5 Å². The number of thiazole rings is 1. The van der Waals surface area contributed by atoms with Crippen LogP contribution in [0.3, 0.4) is 0 Å². The number of aromatic nitrogens is 1. The van der Waals surface area contributed by atoms with E-state index in [0.717, 1.165) is 24.9 Å². The highest BCUT2D eigenvalue weighted by Crippen LogP contribution is 2.28. The van der Waals surface area contributed by atoms with E-state index in [-0.39, 0.29) is 22.7 Å². The van der Waals surface area contributed by atoms with Gasteiger partial charge in [0.25, 0.3) is 0 Å². The number of ether oxygens (including phenoxy) is 1. The molecule has 2 N–H and O–H groups in total. The molecule has 0 saturated carbocycles. The molecule has 0 spiro atoms. The molecular formula is C32H45BrFN3O2S. The van der Waals surface area contributed by atoms with Crippen LogP contribution in [0.4, 0.5) is 20.6 Å². The maximum atomic E-state index is 14.5. The number of anilines is 2. The summed E-state index contributed by atoms with van der Waals surface area (Å²) in [5, 5.41) is 5.60. The Bertz CT molecular complexity index is 1140. The Morgan fingerprint density at radius 3 is 2.20 bits per heavy atom. The smallest absolute Gasteiger partial charge is 0.323 e. The van der Waals surface area contributed by atoms with Crippen LogP contribution in [0.5, 0.6) is 5.75 Å². The van der Waals surface area contributed by atoms with Crippen molar-refractivity contribution < 1.29 is 35.5 Å². The van der Waals surface area contributed by atoms with Crippen LogP contribution in [0.25, 0.3) is 0 Å². The van der Waals surface area contributed by atoms with E-state index in [9.17, 15) is 9.18 Å². The minimum atomic E-state index is -0.475. The largest absolute Gasteiger partial charge is 1.00 e. The van der Waals surface area contributed by atoms with Crippen molar-refractivity contribution in [2.45, 2.75) is 97.4 Å². The number of hydrogen-bond donors (Lipinski definition) is 2. The van der Waals surface area contributed by atoms with Gasteiger partial charge in [-0.05, 0) is 37.6 Å². The first-order valence-electron chi connectivity index (χ1n) is 14.6. The first-order valence-corrected chi connectivity index (χ1v) is 15.5. The molecule has 0 bridgehead atoms. The van der Waals surface area contributed by atoms with Crippen molar-refractivity contribution in [1.29, 1.82) is 0 Å². The Hall–Kier alpha value is -2.45. The topological polar surface area (TPSA) is 54.2 Å². The number of halogens is 2. The van der Waals surface area contributed by atoms with E-state index in [0.29, 0.717) is 18.0 Å². The molecule has 40 heavy (non-hydrogen) atoms. The van der Waals surface area contributed by atoms with Crippen LogP contribution in [0, 0.1) is 12.7 Å². The molecule has 0 atom stereocenters. The zero-order valence-corrected chi connectivity index (χ0v) is 26.4. The number of carbonyl (C=O) groups is 1. The van der Waals surface area contributed by atoms with Crippen LogP contribution in [0.2, 0.25) is 0 Å². The van der Waals surface area contributed by atoms with Gasteiger partial charge in [0.1, 0.15) is 0 Å². The highest BCUT2D eigenvalue weighted by molar-refractivity contribution is 7.09. The summed E-state index contributed by atoms with van der Waals surface area (Å²) in [6, 6.07) is 11.9. The van der Waals surface area contributed by atoms with Gasteiger partial charge in [-0.2, -0.15) is 4.57 Å². The van der Waals surface area contributed by atoms with Gasteiger partial charge in [0.05, 0.1) is 17.2 Å². The van der Waals surface area contributed by atoms with Gasteiger partial charge in [-0.15, -0.1) is 0 Å². The van der Waals surface area contributed by atoms with Crippen molar-refractivity contribution in [2.24, 2.45) is 0 Å². The molecule has 1 heterocycles. The fraction of sp³-hybridized carbons (Fsp3) is 0.500. The zero-order valence-electron chi connectivity index (χ0n) is 24.0. The molecule has 2 amide bonds. The van der Waals surface area contributed by atoms with Gasteiger partial charge >= 0.3 is 6.03 Å². The normalized spacial score (nSPS) is 10.7. The maximum absolute atomic E-state index is 14.5. The van der Waals surface area contributed by atoms with Gasteiger partial charge in [0, 0.05) is 11.3 Å². The molecule has 0 fully saturated rings. The average Bonchev–Trinajstić information content (AvgIpc) is 3.32. The second-order valence-electron chi connectivity index (χ2n) is 10.3. The lowest BCUT2D eigenvalue weighted by Gasteiger charge is -2.14. The number of aryl methyl sites for hydroxylation is 1.